The van der Waals surface area contributed by atoms with Crippen molar-refractivity contribution in [2.75, 3.05) is 6.50 Å². The van der Waals surface area contributed by atoms with Gasteiger partial charge in [0.1, 0.15) is 11.6 Å². The number of ether oxygens (including phenoxy) is 1. The quantitative estimate of drug-likeness (QED) is 0.729. The van der Waals surface area contributed by atoms with E-state index in [1.807, 2.05) is 0 Å². The van der Waals surface area contributed by atoms with Crippen molar-refractivity contribution in [3.8, 4) is 0 Å². The fourth-order valence-electron chi connectivity index (χ4n) is 0.848. The number of carbonyl (C=O) groups is 2. The molecule has 1 atom stereocenters. The second-order valence-corrected chi connectivity index (χ2v) is 3.83. The van der Waals surface area contributed by atoms with Crippen LogP contribution in [0.2, 0.25) is 0 Å². The molecule has 0 unspecified atom stereocenters. The van der Waals surface area contributed by atoms with Gasteiger partial charge < -0.3 is 9.84 Å². The highest BCUT2D eigenvalue weighted by molar-refractivity contribution is 5.80. The van der Waals surface area contributed by atoms with E-state index in [9.17, 15) is 14.7 Å². The highest BCUT2D eigenvalue weighted by Crippen LogP contribution is 2.20. The molecule has 0 aromatic rings. The van der Waals surface area contributed by atoms with Gasteiger partial charge in [-0.05, 0) is 33.5 Å². The lowest BCUT2D eigenvalue weighted by Gasteiger charge is -2.26. The van der Waals surface area contributed by atoms with Crippen molar-refractivity contribution in [2.45, 2.75) is 45.1 Å². The van der Waals surface area contributed by atoms with Gasteiger partial charge in [-0.2, -0.15) is 0 Å². The Labute approximate surface area is 98.8 Å². The Morgan fingerprint density at radius 3 is 2.67 bits per heavy atom. The van der Waals surface area contributed by atoms with Gasteiger partial charge in [-0.1, -0.05) is 0 Å². The predicted octanol–water partition coefficient (Wildman–Crippen LogP) is 1.47. The molecule has 0 aromatic heterocycles. The van der Waals surface area contributed by atoms with Gasteiger partial charge in [-0.25, -0.2) is 9.59 Å². The summed E-state index contributed by atoms with van der Waals surface area (Å²) in [5.74, 6) is -2.20. The molecule has 5 heteroatoms. The first kappa shape index (κ1) is 5.18. The first-order valence-electron chi connectivity index (χ1n) is 7.71. The summed E-state index contributed by atoms with van der Waals surface area (Å²) in [6.45, 7) is 0.823. The van der Waals surface area contributed by atoms with Gasteiger partial charge in [0.25, 0.3) is 0 Å². The molecule has 0 bridgehead atoms. The molecule has 1 heterocycles. The smallest absolute Gasteiger partial charge is 0.411 e. The van der Waals surface area contributed by atoms with Crippen LogP contribution < -0.4 is 0 Å². The first-order valence-corrected chi connectivity index (χ1v) is 4.21. The number of carbonyl (C=O) groups excluding carboxylic acids is 1. The minimum atomic E-state index is -3.53. The minimum absolute atomic E-state index is 0.326. The maximum Gasteiger partial charge on any atom is 0.411 e. The molecule has 1 aliphatic heterocycles. The van der Waals surface area contributed by atoms with Crippen LogP contribution in [0.3, 0.4) is 0 Å². The van der Waals surface area contributed by atoms with Gasteiger partial charge in [0.2, 0.25) is 0 Å². The third-order valence-corrected chi connectivity index (χ3v) is 1.35. The van der Waals surface area contributed by atoms with E-state index < -0.39 is 42.9 Å². The van der Waals surface area contributed by atoms with Crippen LogP contribution in [0, 0.1) is 0 Å². The monoisotopic (exact) mass is 222 g/mol. The first-order chi connectivity index (χ1) is 9.44. The summed E-state index contributed by atoms with van der Waals surface area (Å²) < 4.78 is 58.4. The molecule has 1 aliphatic rings. The molecule has 1 N–H and O–H groups in total. The van der Waals surface area contributed by atoms with Gasteiger partial charge in [-0.15, -0.1) is 0 Å². The summed E-state index contributed by atoms with van der Waals surface area (Å²) in [5, 5.41) is 9.18. The Morgan fingerprint density at radius 2 is 2.20 bits per heavy atom. The number of likely N-dealkylation sites (tertiary alicyclic amines) is 1. The molecule has 86 valence electrons. The molecule has 0 spiro atoms. The van der Waals surface area contributed by atoms with Crippen molar-refractivity contribution in [3.63, 3.8) is 0 Å². The SMILES string of the molecule is [2H]C1([2H])N(C(=O)OC(C)(C)C)[C@]([2H])(C(=O)O)C([2H])([2H])C1([2H])[2H]. The largest absolute Gasteiger partial charge is 0.480 e. The second-order valence-electron chi connectivity index (χ2n) is 3.83. The van der Waals surface area contributed by atoms with Gasteiger partial charge in [0.05, 0.1) is 1.37 Å². The van der Waals surface area contributed by atoms with Crippen LogP contribution in [0.5, 0.6) is 0 Å². The summed E-state index contributed by atoms with van der Waals surface area (Å²) >= 11 is 0. The van der Waals surface area contributed by atoms with E-state index in [0.29, 0.717) is 0 Å². The third kappa shape index (κ3) is 3.11. The molecule has 1 saturated heterocycles. The molecule has 1 fully saturated rings. The Bertz CT molecular complexity index is 516. The number of rotatable bonds is 1. The Hall–Kier alpha value is -1.26. The zero-order valence-electron chi connectivity index (χ0n) is 15.6. The van der Waals surface area contributed by atoms with E-state index in [4.69, 9.17) is 14.3 Å². The molecule has 0 aliphatic carbocycles. The van der Waals surface area contributed by atoms with Crippen LogP contribution in [0.15, 0.2) is 0 Å². The normalized spacial score (nSPS) is 43.4. The number of carboxylic acids is 1. The number of amides is 1. The summed E-state index contributed by atoms with van der Waals surface area (Å²) in [6, 6.07) is -3.53. The number of hydrogen-bond acceptors (Lipinski definition) is 3. The van der Waals surface area contributed by atoms with Crippen LogP contribution in [-0.2, 0) is 9.53 Å². The van der Waals surface area contributed by atoms with Crippen molar-refractivity contribution in [1.82, 2.24) is 4.90 Å². The predicted molar refractivity (Wildman–Crippen MR) is 53.6 cm³/mol. The summed E-state index contributed by atoms with van der Waals surface area (Å²) in [7, 11) is 0. The number of hydrogen-bond donors (Lipinski definition) is 1. The summed E-state index contributed by atoms with van der Waals surface area (Å²) in [5.41, 5.74) is -1.17. The maximum atomic E-state index is 12.1. The fourth-order valence-corrected chi connectivity index (χ4v) is 0.848. The molecular formula is C10H17NO4. The van der Waals surface area contributed by atoms with Crippen LogP contribution in [-0.4, -0.2) is 40.2 Å². The van der Waals surface area contributed by atoms with Crippen molar-refractivity contribution >= 4 is 12.1 Å². The molecule has 1 rings (SSSR count). The van der Waals surface area contributed by atoms with E-state index in [-0.39, 0.29) is 4.90 Å². The fraction of sp³-hybridized carbons (Fsp3) is 0.800. The lowest BCUT2D eigenvalue weighted by atomic mass is 10.2. The van der Waals surface area contributed by atoms with Crippen molar-refractivity contribution in [1.29, 1.82) is 0 Å². The van der Waals surface area contributed by atoms with Crippen LogP contribution in [0.25, 0.3) is 0 Å². The topological polar surface area (TPSA) is 66.8 Å². The van der Waals surface area contributed by atoms with E-state index in [1.54, 1.807) is 0 Å². The van der Waals surface area contributed by atoms with Gasteiger partial charge in [0.15, 0.2) is 0 Å². The van der Waals surface area contributed by atoms with Crippen LogP contribution >= 0.6 is 0 Å². The van der Waals surface area contributed by atoms with E-state index in [1.165, 1.54) is 20.8 Å². The van der Waals surface area contributed by atoms with Gasteiger partial charge in [0, 0.05) is 14.7 Å². The number of carboxylic acid groups (broad SMARTS) is 1. The van der Waals surface area contributed by atoms with Crippen LogP contribution in [0.4, 0.5) is 4.79 Å². The van der Waals surface area contributed by atoms with E-state index >= 15 is 0 Å². The van der Waals surface area contributed by atoms with Gasteiger partial charge in [-0.3, -0.25) is 4.90 Å². The standard InChI is InChI=1S/C10H17NO4/c1-10(2,3)15-9(14)11-6-4-5-7(11)8(12)13/h7H,4-6H2,1-3H3,(H,12,13)/t7-/m0/s1/i4D2,5D2,6D2,7D. The zero-order valence-corrected chi connectivity index (χ0v) is 8.62. The second kappa shape index (κ2) is 4.08. The van der Waals surface area contributed by atoms with Crippen molar-refractivity contribution in [3.05, 3.63) is 0 Å². The van der Waals surface area contributed by atoms with Gasteiger partial charge >= 0.3 is 12.1 Å². The highest BCUT2D eigenvalue weighted by Gasteiger charge is 2.36. The summed E-state index contributed by atoms with van der Waals surface area (Å²) in [4.78, 5) is 23.2. The Morgan fingerprint density at radius 1 is 1.60 bits per heavy atom. The molecule has 0 aromatic carbocycles. The molecule has 0 saturated carbocycles. The lowest BCUT2D eigenvalue weighted by molar-refractivity contribution is -0.142. The average molecular weight is 222 g/mol. The number of nitrogens with zero attached hydrogens (tertiary/aromatic N) is 1. The Balaban J connectivity index is 3.58. The maximum absolute atomic E-state index is 12.1. The molecule has 0 radical (unpaired) electrons. The average Bonchev–Trinajstić information content (AvgIpc) is 2.31. The van der Waals surface area contributed by atoms with Crippen molar-refractivity contribution in [2.24, 2.45) is 0 Å². The summed E-state index contributed by atoms with van der Waals surface area (Å²) in [6.07, 6.45) is -8.59. The highest BCUT2D eigenvalue weighted by atomic mass is 16.6. The van der Waals surface area contributed by atoms with Crippen LogP contribution in [0.1, 0.15) is 43.1 Å². The van der Waals surface area contributed by atoms with E-state index in [2.05, 4.69) is 0 Å². The number of aliphatic carboxylic acids is 1. The zero-order chi connectivity index (χ0) is 17.9. The lowest BCUT2D eigenvalue weighted by Crippen LogP contribution is -2.43. The Kier molecular flexibility index (Phi) is 1.41. The third-order valence-electron chi connectivity index (χ3n) is 1.35. The molecule has 15 heavy (non-hydrogen) atoms. The molecule has 1 amide bonds. The van der Waals surface area contributed by atoms with E-state index in [0.717, 1.165) is 0 Å². The minimum Gasteiger partial charge on any atom is -0.480 e. The molecular weight excluding hydrogens is 198 g/mol. The van der Waals surface area contributed by atoms with Crippen molar-refractivity contribution < 1.29 is 29.0 Å². The molecule has 5 nitrogen and oxygen atoms in total.